The number of carbonyl (C=O) groups excluding carboxylic acids is 1. The van der Waals surface area contributed by atoms with Gasteiger partial charge in [-0.25, -0.2) is 13.1 Å². The molecule has 0 atom stereocenters. The van der Waals surface area contributed by atoms with E-state index in [0.29, 0.717) is 23.8 Å². The van der Waals surface area contributed by atoms with Crippen molar-refractivity contribution >= 4 is 21.6 Å². The zero-order valence-electron chi connectivity index (χ0n) is 18.9. The fraction of sp³-hybridized carbons (Fsp3) is 0.115. The topological polar surface area (TPSA) is 107 Å². The lowest BCUT2D eigenvalue weighted by molar-refractivity contribution is 0.0996. The van der Waals surface area contributed by atoms with Crippen LogP contribution in [-0.4, -0.2) is 20.9 Å². The molecule has 0 aliphatic heterocycles. The Balaban J connectivity index is 1.32. The monoisotopic (exact) mass is 492 g/mol. The third-order valence-electron chi connectivity index (χ3n) is 4.93. The predicted octanol–water partition coefficient (Wildman–Crippen LogP) is 5.20. The summed E-state index contributed by atoms with van der Waals surface area (Å²) >= 11 is 0. The van der Waals surface area contributed by atoms with Crippen LogP contribution in [-0.2, 0) is 16.6 Å². The van der Waals surface area contributed by atoms with Crippen molar-refractivity contribution in [2.45, 2.75) is 18.4 Å². The second-order valence-corrected chi connectivity index (χ2v) is 9.20. The van der Waals surface area contributed by atoms with Gasteiger partial charge in [-0.1, -0.05) is 12.1 Å². The van der Waals surface area contributed by atoms with Crippen LogP contribution in [0.25, 0.3) is 0 Å². The quantitative estimate of drug-likeness (QED) is 0.315. The fourth-order valence-electron chi connectivity index (χ4n) is 3.16. The van der Waals surface area contributed by atoms with E-state index in [1.54, 1.807) is 72.8 Å². The Morgan fingerprint density at radius 3 is 2.09 bits per heavy atom. The highest BCUT2D eigenvalue weighted by molar-refractivity contribution is 7.89. The Bertz CT molecular complexity index is 1350. The molecule has 0 fully saturated rings. The van der Waals surface area contributed by atoms with E-state index in [9.17, 15) is 13.2 Å². The normalized spacial score (nSPS) is 11.1. The third kappa shape index (κ3) is 6.50. The average molecular weight is 493 g/mol. The van der Waals surface area contributed by atoms with Crippen molar-refractivity contribution in [2.75, 3.05) is 11.9 Å². The van der Waals surface area contributed by atoms with Gasteiger partial charge in [-0.2, -0.15) is 0 Å². The molecule has 8 nitrogen and oxygen atoms in total. The van der Waals surface area contributed by atoms with Crippen molar-refractivity contribution in [3.8, 4) is 17.2 Å². The van der Waals surface area contributed by atoms with E-state index in [2.05, 4.69) is 10.0 Å². The van der Waals surface area contributed by atoms with Crippen molar-refractivity contribution in [2.24, 2.45) is 0 Å². The first-order valence-electron chi connectivity index (χ1n) is 10.9. The molecule has 1 amide bonds. The molecule has 3 aromatic carbocycles. The number of furan rings is 1. The number of nitrogens with one attached hydrogen (secondary N) is 2. The highest BCUT2D eigenvalue weighted by atomic mass is 32.2. The molecule has 9 heteroatoms. The number of carbonyl (C=O) groups is 1. The Morgan fingerprint density at radius 2 is 1.49 bits per heavy atom. The van der Waals surface area contributed by atoms with Crippen LogP contribution in [0.1, 0.15) is 23.0 Å². The molecule has 4 aromatic rings. The summed E-state index contributed by atoms with van der Waals surface area (Å²) in [6, 6.07) is 23.4. The van der Waals surface area contributed by atoms with Crippen molar-refractivity contribution in [1.82, 2.24) is 4.72 Å². The van der Waals surface area contributed by atoms with Gasteiger partial charge >= 0.3 is 0 Å². The number of amides is 1. The smallest absolute Gasteiger partial charge is 0.291 e. The molecular formula is C26H24N2O6S. The molecule has 35 heavy (non-hydrogen) atoms. The lowest BCUT2D eigenvalue weighted by atomic mass is 10.2. The van der Waals surface area contributed by atoms with Crippen LogP contribution in [0.3, 0.4) is 0 Å². The van der Waals surface area contributed by atoms with Crippen molar-refractivity contribution in [1.29, 1.82) is 0 Å². The van der Waals surface area contributed by atoms with E-state index in [1.807, 2.05) is 6.92 Å². The summed E-state index contributed by atoms with van der Waals surface area (Å²) in [6.07, 6.45) is 1.42. The number of ether oxygens (including phenoxy) is 2. The molecule has 4 rings (SSSR count). The molecular weight excluding hydrogens is 468 g/mol. The van der Waals surface area contributed by atoms with Gasteiger partial charge in [-0.3, -0.25) is 4.79 Å². The van der Waals surface area contributed by atoms with Crippen LogP contribution in [0.5, 0.6) is 17.2 Å². The molecule has 1 aromatic heterocycles. The summed E-state index contributed by atoms with van der Waals surface area (Å²) in [5, 5.41) is 2.71. The number of anilines is 1. The summed E-state index contributed by atoms with van der Waals surface area (Å²) in [7, 11) is -3.72. The second-order valence-electron chi connectivity index (χ2n) is 7.43. The first kappa shape index (κ1) is 24.1. The Hall–Kier alpha value is -4.08. The molecule has 0 saturated heterocycles. The van der Waals surface area contributed by atoms with Crippen molar-refractivity contribution in [3.63, 3.8) is 0 Å². The lowest BCUT2D eigenvalue weighted by Gasteiger charge is -2.10. The van der Waals surface area contributed by atoms with Gasteiger partial charge in [0.25, 0.3) is 5.91 Å². The second kappa shape index (κ2) is 10.9. The fourth-order valence-corrected chi connectivity index (χ4v) is 4.18. The first-order valence-corrected chi connectivity index (χ1v) is 12.4. The minimum atomic E-state index is -3.72. The summed E-state index contributed by atoms with van der Waals surface area (Å²) < 4.78 is 44.2. The average Bonchev–Trinajstić information content (AvgIpc) is 3.41. The lowest BCUT2D eigenvalue weighted by Crippen LogP contribution is -2.23. The zero-order valence-corrected chi connectivity index (χ0v) is 19.7. The van der Waals surface area contributed by atoms with E-state index in [-0.39, 0.29) is 23.1 Å². The van der Waals surface area contributed by atoms with Gasteiger partial charge in [0.15, 0.2) is 5.76 Å². The van der Waals surface area contributed by atoms with Crippen molar-refractivity contribution < 1.29 is 27.1 Å². The highest BCUT2D eigenvalue weighted by Crippen LogP contribution is 2.25. The van der Waals surface area contributed by atoms with E-state index in [0.717, 1.165) is 11.3 Å². The molecule has 0 saturated carbocycles. The summed E-state index contributed by atoms with van der Waals surface area (Å²) in [4.78, 5) is 12.2. The molecule has 0 spiro atoms. The Kier molecular flexibility index (Phi) is 7.49. The number of sulfonamides is 1. The molecule has 1 heterocycles. The molecule has 0 bridgehead atoms. The van der Waals surface area contributed by atoms with Crippen molar-refractivity contribution in [3.05, 3.63) is 103 Å². The molecule has 0 unspecified atom stereocenters. The van der Waals surface area contributed by atoms with Gasteiger partial charge < -0.3 is 19.2 Å². The summed E-state index contributed by atoms with van der Waals surface area (Å²) in [5.41, 5.74) is 1.31. The Morgan fingerprint density at radius 1 is 0.857 bits per heavy atom. The van der Waals surface area contributed by atoms with Crippen LogP contribution >= 0.6 is 0 Å². The predicted molar refractivity (Wildman–Crippen MR) is 131 cm³/mol. The van der Waals surface area contributed by atoms with Crippen LogP contribution in [0.4, 0.5) is 5.69 Å². The van der Waals surface area contributed by atoms with E-state index in [4.69, 9.17) is 13.9 Å². The number of rotatable bonds is 10. The largest absolute Gasteiger partial charge is 0.494 e. The van der Waals surface area contributed by atoms with Gasteiger partial charge in [-0.05, 0) is 85.3 Å². The maximum atomic E-state index is 12.7. The standard InChI is InChI=1S/C26H24N2O6S/c1-2-32-21-9-11-22(12-10-21)34-23-13-15-24(16-14-23)35(30,31)27-18-19-5-7-20(8-6-19)28-26(29)25-4-3-17-33-25/h3-17,27H,2,18H2,1H3,(H,28,29). The maximum Gasteiger partial charge on any atom is 0.291 e. The number of benzene rings is 3. The van der Waals surface area contributed by atoms with Gasteiger partial charge in [0.05, 0.1) is 17.8 Å². The number of hydrogen-bond donors (Lipinski definition) is 2. The molecule has 180 valence electrons. The maximum absolute atomic E-state index is 12.7. The number of hydrogen-bond acceptors (Lipinski definition) is 6. The molecule has 0 radical (unpaired) electrons. The first-order chi connectivity index (χ1) is 16.9. The SMILES string of the molecule is CCOc1ccc(Oc2ccc(S(=O)(=O)NCc3ccc(NC(=O)c4ccco4)cc3)cc2)cc1. The van der Waals surface area contributed by atoms with Crippen LogP contribution in [0.2, 0.25) is 0 Å². The van der Waals surface area contributed by atoms with Gasteiger partial charge in [-0.15, -0.1) is 0 Å². The third-order valence-corrected chi connectivity index (χ3v) is 6.34. The van der Waals surface area contributed by atoms with E-state index >= 15 is 0 Å². The van der Waals surface area contributed by atoms with E-state index < -0.39 is 10.0 Å². The Labute approximate surface area is 203 Å². The van der Waals surface area contributed by atoms with Gasteiger partial charge in [0.1, 0.15) is 17.2 Å². The van der Waals surface area contributed by atoms with Gasteiger partial charge in [0.2, 0.25) is 10.0 Å². The molecule has 0 aliphatic carbocycles. The van der Waals surface area contributed by atoms with Crippen LogP contribution in [0, 0.1) is 0 Å². The molecule has 0 aliphatic rings. The minimum Gasteiger partial charge on any atom is -0.494 e. The van der Waals surface area contributed by atoms with Crippen LogP contribution in [0.15, 0.2) is 101 Å². The molecule has 2 N–H and O–H groups in total. The van der Waals surface area contributed by atoms with Crippen LogP contribution < -0.4 is 19.5 Å². The van der Waals surface area contributed by atoms with Gasteiger partial charge in [0, 0.05) is 12.2 Å². The van der Waals surface area contributed by atoms with E-state index in [1.165, 1.54) is 18.4 Å². The zero-order chi connectivity index (χ0) is 24.7. The highest BCUT2D eigenvalue weighted by Gasteiger charge is 2.14. The summed E-state index contributed by atoms with van der Waals surface area (Å²) in [6.45, 7) is 2.59. The minimum absolute atomic E-state index is 0.0964. The summed E-state index contributed by atoms with van der Waals surface area (Å²) in [5.74, 6) is 1.73.